The van der Waals surface area contributed by atoms with E-state index >= 15 is 0 Å². The van der Waals surface area contributed by atoms with Crippen molar-refractivity contribution in [3.63, 3.8) is 0 Å². The summed E-state index contributed by atoms with van der Waals surface area (Å²) in [7, 11) is 0. The maximum absolute atomic E-state index is 11.7. The minimum Gasteiger partial charge on any atom is -0.447 e. The molecule has 2 heterocycles. The Morgan fingerprint density at radius 2 is 2.43 bits per heavy atom. The van der Waals surface area contributed by atoms with Gasteiger partial charge in [-0.05, 0) is 28.9 Å². The zero-order chi connectivity index (χ0) is 11.2. The van der Waals surface area contributed by atoms with Crippen LogP contribution in [0.25, 0.3) is 11.0 Å². The molecule has 0 spiro atoms. The molecular formula is C9H6BrNO2S. The van der Waals surface area contributed by atoms with Crippen LogP contribution in [0.2, 0.25) is 0 Å². The Balaban J connectivity index is 3.06. The topological polar surface area (TPSA) is 43.1 Å². The van der Waals surface area contributed by atoms with Gasteiger partial charge in [-0.15, -0.1) is 12.6 Å². The van der Waals surface area contributed by atoms with Gasteiger partial charge in [0.1, 0.15) is 4.60 Å². The van der Waals surface area contributed by atoms with E-state index in [9.17, 15) is 4.79 Å². The second kappa shape index (κ2) is 3.40. The number of aromatic nitrogens is 1. The van der Waals surface area contributed by atoms with E-state index in [0.717, 1.165) is 0 Å². The first-order chi connectivity index (χ1) is 7.00. The molecule has 0 saturated heterocycles. The van der Waals surface area contributed by atoms with Crippen LogP contribution in [0, 0.1) is 6.92 Å². The molecule has 0 atom stereocenters. The number of pyridine rings is 1. The molecule has 2 aromatic rings. The molecule has 14 heavy (non-hydrogen) atoms. The fourth-order valence-corrected chi connectivity index (χ4v) is 1.94. The number of thiol groups is 1. The minimum absolute atomic E-state index is 0.00106. The van der Waals surface area contributed by atoms with Gasteiger partial charge in [-0.3, -0.25) is 4.79 Å². The van der Waals surface area contributed by atoms with Crippen LogP contribution in [-0.2, 0) is 0 Å². The lowest BCUT2D eigenvalue weighted by atomic mass is 10.2. The Morgan fingerprint density at radius 3 is 3.14 bits per heavy atom. The molecule has 0 unspecified atom stereocenters. The Labute approximate surface area is 95.1 Å². The van der Waals surface area contributed by atoms with E-state index in [0.29, 0.717) is 21.3 Å². The number of rotatable bonds is 0. The summed E-state index contributed by atoms with van der Waals surface area (Å²) in [5.41, 5.74) is 0.618. The van der Waals surface area contributed by atoms with E-state index in [4.69, 9.17) is 5.79 Å². The van der Waals surface area contributed by atoms with E-state index in [1.807, 2.05) is 0 Å². The number of halogens is 1. The van der Waals surface area contributed by atoms with Gasteiger partial charge < -0.3 is 4.42 Å². The first-order valence-electron chi connectivity index (χ1n) is 4.30. The van der Waals surface area contributed by atoms with Gasteiger partial charge in [-0.1, -0.05) is 0 Å². The molecule has 2 aromatic heterocycles. The smallest absolute Gasteiger partial charge is 0.194 e. The average Bonchev–Trinajstić information content (AvgIpc) is 2.17. The highest BCUT2D eigenvalue weighted by atomic mass is 79.9. The van der Waals surface area contributed by atoms with Crippen molar-refractivity contribution >= 4 is 39.5 Å². The minimum atomic E-state index is -0.396. The third-order valence-electron chi connectivity index (χ3n) is 1.72. The highest BCUT2D eigenvalue weighted by molar-refractivity contribution is 9.10. The van der Waals surface area contributed by atoms with Crippen molar-refractivity contribution in [2.45, 2.75) is 12.0 Å². The summed E-state index contributed by atoms with van der Waals surface area (Å²) in [5.74, 6) is 0. The van der Waals surface area contributed by atoms with Crippen molar-refractivity contribution in [2.75, 3.05) is 0 Å². The lowest BCUT2D eigenvalue weighted by Gasteiger charge is -2.00. The SMILES string of the molecule is [2H]c1c(S)oc2c(Br)nc(C)cc2c1=O. The predicted molar refractivity (Wildman–Crippen MR) is 60.0 cm³/mol. The molecule has 0 aliphatic heterocycles. The number of hydrogen-bond donors (Lipinski definition) is 1. The van der Waals surface area contributed by atoms with Gasteiger partial charge in [-0.25, -0.2) is 4.98 Å². The van der Waals surface area contributed by atoms with Gasteiger partial charge in [0.15, 0.2) is 16.1 Å². The molecule has 0 amide bonds. The van der Waals surface area contributed by atoms with E-state index in [-0.39, 0.29) is 11.1 Å². The largest absolute Gasteiger partial charge is 0.447 e. The summed E-state index contributed by atoms with van der Waals surface area (Å²) in [6, 6.07) is 1.36. The second-order valence-electron chi connectivity index (χ2n) is 2.79. The summed E-state index contributed by atoms with van der Waals surface area (Å²) < 4.78 is 13.1. The molecule has 0 N–H and O–H groups in total. The van der Waals surface area contributed by atoms with Crippen molar-refractivity contribution < 1.29 is 5.79 Å². The van der Waals surface area contributed by atoms with Crippen LogP contribution >= 0.6 is 28.6 Å². The molecule has 0 bridgehead atoms. The van der Waals surface area contributed by atoms with Crippen LogP contribution in [0.15, 0.2) is 31.0 Å². The first kappa shape index (κ1) is 8.49. The van der Waals surface area contributed by atoms with Crippen LogP contribution < -0.4 is 5.43 Å². The fourth-order valence-electron chi connectivity index (χ4n) is 1.18. The summed E-state index contributed by atoms with van der Waals surface area (Å²) >= 11 is 7.12. The van der Waals surface area contributed by atoms with Gasteiger partial charge >= 0.3 is 0 Å². The number of aryl methyl sites for hydroxylation is 1. The Hall–Kier alpha value is -0.810. The van der Waals surface area contributed by atoms with E-state index in [1.54, 1.807) is 13.0 Å². The fraction of sp³-hybridized carbons (Fsp3) is 0.111. The molecule has 0 aliphatic carbocycles. The Morgan fingerprint density at radius 1 is 1.71 bits per heavy atom. The van der Waals surface area contributed by atoms with Crippen molar-refractivity contribution in [3.8, 4) is 0 Å². The average molecular weight is 273 g/mol. The van der Waals surface area contributed by atoms with Crippen LogP contribution in [0.4, 0.5) is 0 Å². The molecule has 0 aliphatic rings. The maximum Gasteiger partial charge on any atom is 0.194 e. The highest BCUT2D eigenvalue weighted by Crippen LogP contribution is 2.22. The van der Waals surface area contributed by atoms with Gasteiger partial charge in [0, 0.05) is 11.7 Å². The molecule has 0 aromatic carbocycles. The summed E-state index contributed by atoms with van der Waals surface area (Å²) in [5, 5.41) is 0.344. The van der Waals surface area contributed by atoms with Crippen LogP contribution in [0.5, 0.6) is 0 Å². The number of hydrogen-bond acceptors (Lipinski definition) is 4. The summed E-state index contributed by atoms with van der Waals surface area (Å²) in [6.07, 6.45) is 0. The summed E-state index contributed by atoms with van der Waals surface area (Å²) in [4.78, 5) is 15.8. The molecule has 0 fully saturated rings. The summed E-state index contributed by atoms with van der Waals surface area (Å²) in [6.45, 7) is 1.77. The lowest BCUT2D eigenvalue weighted by molar-refractivity contribution is 0.499. The van der Waals surface area contributed by atoms with E-state index in [2.05, 4.69) is 33.5 Å². The third-order valence-corrected chi connectivity index (χ3v) is 2.46. The molecule has 0 saturated carbocycles. The van der Waals surface area contributed by atoms with Gasteiger partial charge in [0.2, 0.25) is 0 Å². The normalized spacial score (nSPS) is 11.8. The van der Waals surface area contributed by atoms with Gasteiger partial charge in [0.05, 0.1) is 6.76 Å². The standard InChI is InChI=1S/C9H6BrNO2S/c1-4-2-5-6(12)3-7(14)13-8(5)9(10)11-4/h2-3,14H,1H3/i3D. The van der Waals surface area contributed by atoms with Crippen LogP contribution in [-0.4, -0.2) is 4.98 Å². The molecule has 5 heteroatoms. The van der Waals surface area contributed by atoms with E-state index in [1.165, 1.54) is 0 Å². The lowest BCUT2D eigenvalue weighted by Crippen LogP contribution is -2.01. The molecular weight excluding hydrogens is 266 g/mol. The third kappa shape index (κ3) is 1.57. The maximum atomic E-state index is 11.7. The quantitative estimate of drug-likeness (QED) is 0.592. The zero-order valence-electron chi connectivity index (χ0n) is 8.17. The second-order valence-corrected chi connectivity index (χ2v) is 3.95. The number of nitrogens with zero attached hydrogens (tertiary/aromatic N) is 1. The predicted octanol–water partition coefficient (Wildman–Crippen LogP) is 2.55. The molecule has 72 valence electrons. The van der Waals surface area contributed by atoms with Crippen LogP contribution in [0.3, 0.4) is 0 Å². The molecule has 3 nitrogen and oxygen atoms in total. The van der Waals surface area contributed by atoms with Gasteiger partial charge in [-0.2, -0.15) is 0 Å². The van der Waals surface area contributed by atoms with Crippen molar-refractivity contribution in [3.05, 3.63) is 32.6 Å². The van der Waals surface area contributed by atoms with Gasteiger partial charge in [0.25, 0.3) is 0 Å². The highest BCUT2D eigenvalue weighted by Gasteiger charge is 2.08. The molecule has 0 radical (unpaired) electrons. The Bertz CT molecular complexity index is 611. The monoisotopic (exact) mass is 272 g/mol. The van der Waals surface area contributed by atoms with Crippen molar-refractivity contribution in [1.82, 2.24) is 4.98 Å². The molecule has 2 rings (SSSR count). The van der Waals surface area contributed by atoms with Crippen molar-refractivity contribution in [2.24, 2.45) is 0 Å². The number of fused-ring (bicyclic) bond motifs is 1. The van der Waals surface area contributed by atoms with Crippen LogP contribution in [0.1, 0.15) is 7.06 Å². The van der Waals surface area contributed by atoms with E-state index < -0.39 is 5.43 Å². The Kier molecular flexibility index (Phi) is 2.06. The van der Waals surface area contributed by atoms with Crippen molar-refractivity contribution in [1.29, 1.82) is 0 Å². The zero-order valence-corrected chi connectivity index (χ0v) is 9.65. The first-order valence-corrected chi connectivity index (χ1v) is 5.04.